The lowest BCUT2D eigenvalue weighted by Crippen LogP contribution is -2.30. The summed E-state index contributed by atoms with van der Waals surface area (Å²) in [5, 5.41) is 0. The highest BCUT2D eigenvalue weighted by molar-refractivity contribution is 5.71. The Bertz CT molecular complexity index is 1350. The minimum Gasteiger partial charge on any atom is -0.462 e. The van der Waals surface area contributed by atoms with Gasteiger partial charge in [0, 0.05) is 19.3 Å². The normalized spacial score (nSPS) is 12.3. The molecule has 6 heteroatoms. The van der Waals surface area contributed by atoms with Gasteiger partial charge in [-0.1, -0.05) is 301 Å². The minimum absolute atomic E-state index is 0.0739. The van der Waals surface area contributed by atoms with Crippen LogP contribution in [0.2, 0.25) is 0 Å². The molecule has 0 aromatic heterocycles. The molecule has 0 aliphatic heterocycles. The van der Waals surface area contributed by atoms with Gasteiger partial charge >= 0.3 is 17.9 Å². The second-order valence-electron chi connectivity index (χ2n) is 23.4. The Morgan fingerprint density at radius 2 is 0.462 bits per heavy atom. The zero-order chi connectivity index (χ0) is 56.4. The third kappa shape index (κ3) is 64.2. The maximum atomic E-state index is 12.9. The van der Waals surface area contributed by atoms with E-state index in [0.717, 1.165) is 70.6 Å². The first-order chi connectivity index (χ1) is 38.5. The number of esters is 3. The Morgan fingerprint density at radius 3 is 0.718 bits per heavy atom. The van der Waals surface area contributed by atoms with E-state index in [1.165, 1.54) is 263 Å². The topological polar surface area (TPSA) is 78.9 Å². The molecule has 0 saturated heterocycles. The van der Waals surface area contributed by atoms with E-state index in [1.54, 1.807) is 0 Å². The average molecular weight is 1090 g/mol. The molecule has 78 heavy (non-hydrogen) atoms. The molecule has 0 fully saturated rings. The van der Waals surface area contributed by atoms with Crippen molar-refractivity contribution >= 4 is 17.9 Å². The first-order valence-electron chi connectivity index (χ1n) is 34.6. The van der Waals surface area contributed by atoms with Crippen molar-refractivity contribution in [2.45, 2.75) is 380 Å². The maximum absolute atomic E-state index is 12.9. The molecule has 0 spiro atoms. The summed E-state index contributed by atoms with van der Waals surface area (Å²) in [5.41, 5.74) is 0. The molecule has 0 heterocycles. The molecular weight excluding hydrogens is 961 g/mol. The number of rotatable bonds is 64. The first-order valence-corrected chi connectivity index (χ1v) is 34.6. The van der Waals surface area contributed by atoms with Crippen molar-refractivity contribution in [3.05, 3.63) is 48.6 Å². The second kappa shape index (κ2) is 66.9. The van der Waals surface area contributed by atoms with Gasteiger partial charge in [-0.25, -0.2) is 0 Å². The molecular formula is C72H132O6. The molecule has 0 N–H and O–H groups in total. The van der Waals surface area contributed by atoms with Crippen LogP contribution in [0.5, 0.6) is 0 Å². The van der Waals surface area contributed by atoms with Crippen LogP contribution in [0.4, 0.5) is 0 Å². The summed E-state index contributed by atoms with van der Waals surface area (Å²) in [5.74, 6) is -0.862. The zero-order valence-electron chi connectivity index (χ0n) is 52.5. The van der Waals surface area contributed by atoms with Crippen molar-refractivity contribution in [3.8, 4) is 0 Å². The summed E-state index contributed by atoms with van der Waals surface area (Å²) >= 11 is 0. The summed E-state index contributed by atoms with van der Waals surface area (Å²) in [6.45, 7) is 6.67. The lowest BCUT2D eigenvalue weighted by atomic mass is 10.0. The molecule has 0 aliphatic rings. The highest BCUT2D eigenvalue weighted by Gasteiger charge is 2.19. The van der Waals surface area contributed by atoms with E-state index in [2.05, 4.69) is 69.4 Å². The van der Waals surface area contributed by atoms with E-state index < -0.39 is 6.10 Å². The highest BCUT2D eigenvalue weighted by Crippen LogP contribution is 2.17. The number of ether oxygens (including phenoxy) is 3. The van der Waals surface area contributed by atoms with Gasteiger partial charge in [0.15, 0.2) is 6.10 Å². The van der Waals surface area contributed by atoms with Crippen LogP contribution in [0.15, 0.2) is 48.6 Å². The Hall–Kier alpha value is -2.63. The lowest BCUT2D eigenvalue weighted by Gasteiger charge is -2.18. The molecule has 0 aromatic rings. The average Bonchev–Trinajstić information content (AvgIpc) is 3.44. The summed E-state index contributed by atoms with van der Waals surface area (Å²) in [6.07, 6.45) is 84.1. The fourth-order valence-electron chi connectivity index (χ4n) is 10.3. The molecule has 0 rings (SSSR count). The van der Waals surface area contributed by atoms with Crippen LogP contribution >= 0.6 is 0 Å². The second-order valence-corrected chi connectivity index (χ2v) is 23.4. The summed E-state index contributed by atoms with van der Waals surface area (Å²) in [4.78, 5) is 38.4. The van der Waals surface area contributed by atoms with Crippen LogP contribution < -0.4 is 0 Å². The van der Waals surface area contributed by atoms with Crippen LogP contribution in [0.3, 0.4) is 0 Å². The van der Waals surface area contributed by atoms with Crippen molar-refractivity contribution in [3.63, 3.8) is 0 Å². The predicted octanol–water partition coefficient (Wildman–Crippen LogP) is 23.7. The Balaban J connectivity index is 4.28. The van der Waals surface area contributed by atoms with Crippen LogP contribution in [0.1, 0.15) is 374 Å². The fraction of sp³-hybridized carbons (Fsp3) is 0.847. The Labute approximate surface area is 486 Å². The molecule has 0 radical (unpaired) electrons. The van der Waals surface area contributed by atoms with Gasteiger partial charge in [0.2, 0.25) is 0 Å². The van der Waals surface area contributed by atoms with Gasteiger partial charge in [-0.15, -0.1) is 0 Å². The Morgan fingerprint density at radius 1 is 0.256 bits per heavy atom. The zero-order valence-corrected chi connectivity index (χ0v) is 52.5. The molecule has 456 valence electrons. The third-order valence-electron chi connectivity index (χ3n) is 15.5. The van der Waals surface area contributed by atoms with Crippen molar-refractivity contribution in [1.82, 2.24) is 0 Å². The van der Waals surface area contributed by atoms with Gasteiger partial charge in [0.05, 0.1) is 0 Å². The van der Waals surface area contributed by atoms with Gasteiger partial charge in [-0.05, 0) is 103 Å². The molecule has 1 atom stereocenters. The van der Waals surface area contributed by atoms with E-state index in [1.807, 2.05) is 0 Å². The van der Waals surface area contributed by atoms with Gasteiger partial charge < -0.3 is 14.2 Å². The van der Waals surface area contributed by atoms with E-state index >= 15 is 0 Å². The molecule has 0 saturated carbocycles. The van der Waals surface area contributed by atoms with Crippen molar-refractivity contribution in [1.29, 1.82) is 0 Å². The van der Waals surface area contributed by atoms with Crippen molar-refractivity contribution in [2.24, 2.45) is 0 Å². The van der Waals surface area contributed by atoms with E-state index in [9.17, 15) is 14.4 Å². The van der Waals surface area contributed by atoms with E-state index in [0.29, 0.717) is 19.3 Å². The SMILES string of the molecule is CCCCCCC/C=C\C/C=C\CCCCCCCCCCCCCCCC(=O)OCC(COC(=O)CCCCCCC/C=C\CCCCCCC)OC(=O)CCCCCCCCCCC/C=C\CCCCCCCCCC. The van der Waals surface area contributed by atoms with Gasteiger partial charge in [0.1, 0.15) is 13.2 Å². The van der Waals surface area contributed by atoms with E-state index in [4.69, 9.17) is 14.2 Å². The number of carbonyl (C=O) groups excluding carboxylic acids is 3. The summed E-state index contributed by atoms with van der Waals surface area (Å²) in [6, 6.07) is 0. The highest BCUT2D eigenvalue weighted by atomic mass is 16.6. The number of carbonyl (C=O) groups is 3. The van der Waals surface area contributed by atoms with Crippen LogP contribution in [0.25, 0.3) is 0 Å². The number of unbranched alkanes of at least 4 members (excludes halogenated alkanes) is 45. The van der Waals surface area contributed by atoms with Gasteiger partial charge in [-0.2, -0.15) is 0 Å². The number of hydrogen-bond donors (Lipinski definition) is 0. The molecule has 1 unspecified atom stereocenters. The van der Waals surface area contributed by atoms with Gasteiger partial charge in [0.25, 0.3) is 0 Å². The number of allylic oxidation sites excluding steroid dienone is 8. The van der Waals surface area contributed by atoms with Crippen LogP contribution in [-0.2, 0) is 28.6 Å². The van der Waals surface area contributed by atoms with Gasteiger partial charge in [-0.3, -0.25) is 14.4 Å². The maximum Gasteiger partial charge on any atom is 0.306 e. The molecule has 0 bridgehead atoms. The third-order valence-corrected chi connectivity index (χ3v) is 15.5. The molecule has 0 amide bonds. The van der Waals surface area contributed by atoms with Crippen molar-refractivity contribution in [2.75, 3.05) is 13.2 Å². The first kappa shape index (κ1) is 75.4. The van der Waals surface area contributed by atoms with Crippen LogP contribution in [-0.4, -0.2) is 37.2 Å². The Kier molecular flexibility index (Phi) is 64.6. The summed E-state index contributed by atoms with van der Waals surface area (Å²) in [7, 11) is 0. The number of hydrogen-bond acceptors (Lipinski definition) is 6. The predicted molar refractivity (Wildman–Crippen MR) is 339 cm³/mol. The smallest absolute Gasteiger partial charge is 0.306 e. The lowest BCUT2D eigenvalue weighted by molar-refractivity contribution is -0.167. The largest absolute Gasteiger partial charge is 0.462 e. The standard InChI is InChI=1S/C72H132O6/c1-4-7-10-13-16-19-22-25-28-30-32-34-35-36-37-39-40-42-44-47-50-53-56-59-62-65-71(74)77-68-69(67-76-70(73)64-61-58-55-52-49-46-27-24-21-18-15-12-9-6-3)78-72(75)66-63-60-57-54-51-48-45-43-41-38-33-31-29-26-23-20-17-14-11-8-5-2/h22,24-25,27,30-33,69H,4-21,23,26,28-29,34-68H2,1-3H3/b25-22-,27-24-,32-30-,33-31-. The molecule has 6 nitrogen and oxygen atoms in total. The monoisotopic (exact) mass is 1090 g/mol. The van der Waals surface area contributed by atoms with Crippen LogP contribution in [0, 0.1) is 0 Å². The molecule has 0 aliphatic carbocycles. The minimum atomic E-state index is -0.778. The quantitative estimate of drug-likeness (QED) is 0.0261. The van der Waals surface area contributed by atoms with E-state index in [-0.39, 0.29) is 31.1 Å². The molecule has 0 aromatic carbocycles. The fourth-order valence-corrected chi connectivity index (χ4v) is 10.3. The summed E-state index contributed by atoms with van der Waals surface area (Å²) < 4.78 is 17.0. The van der Waals surface area contributed by atoms with Crippen molar-refractivity contribution < 1.29 is 28.6 Å².